The highest BCUT2D eigenvalue weighted by atomic mass is 35.5. The number of carbonyl (C=O) groups is 1. The number of ketones is 1. The van der Waals surface area contributed by atoms with E-state index in [2.05, 4.69) is 5.10 Å². The van der Waals surface area contributed by atoms with Gasteiger partial charge in [0.25, 0.3) is 0 Å². The van der Waals surface area contributed by atoms with Gasteiger partial charge in [0.2, 0.25) is 0 Å². The molecule has 0 fully saturated rings. The number of hydrogen-bond acceptors (Lipinski definition) is 2. The molecule has 2 aromatic rings. The SMILES string of the molecule is Cc1nn(C(C)C(=O)c2ccc(F)c(F)c2)cc1Cl. The minimum absolute atomic E-state index is 0.0932. The third kappa shape index (κ3) is 2.66. The van der Waals surface area contributed by atoms with E-state index in [9.17, 15) is 13.6 Å². The molecule has 1 aromatic carbocycles. The van der Waals surface area contributed by atoms with Gasteiger partial charge in [0, 0.05) is 11.8 Å². The zero-order valence-corrected chi connectivity index (χ0v) is 11.1. The molecule has 0 spiro atoms. The van der Waals surface area contributed by atoms with E-state index in [0.29, 0.717) is 10.7 Å². The van der Waals surface area contributed by atoms with E-state index in [1.54, 1.807) is 13.8 Å². The predicted molar refractivity (Wildman–Crippen MR) is 67.4 cm³/mol. The van der Waals surface area contributed by atoms with Crippen molar-refractivity contribution < 1.29 is 13.6 Å². The lowest BCUT2D eigenvalue weighted by atomic mass is 10.1. The maximum Gasteiger partial charge on any atom is 0.187 e. The fourth-order valence-corrected chi connectivity index (χ4v) is 1.81. The molecule has 0 bridgehead atoms. The summed E-state index contributed by atoms with van der Waals surface area (Å²) in [6, 6.07) is 2.41. The molecule has 1 heterocycles. The van der Waals surface area contributed by atoms with Gasteiger partial charge in [-0.3, -0.25) is 9.48 Å². The van der Waals surface area contributed by atoms with Crippen molar-refractivity contribution in [1.29, 1.82) is 0 Å². The van der Waals surface area contributed by atoms with Crippen molar-refractivity contribution in [2.45, 2.75) is 19.9 Å². The molecule has 3 nitrogen and oxygen atoms in total. The second kappa shape index (κ2) is 5.09. The molecule has 1 atom stereocenters. The largest absolute Gasteiger partial charge is 0.292 e. The Morgan fingerprint density at radius 2 is 2.05 bits per heavy atom. The van der Waals surface area contributed by atoms with Crippen LogP contribution < -0.4 is 0 Å². The van der Waals surface area contributed by atoms with Crippen LogP contribution in [0.1, 0.15) is 29.0 Å². The smallest absolute Gasteiger partial charge is 0.187 e. The molecular weight excluding hydrogens is 274 g/mol. The van der Waals surface area contributed by atoms with Crippen LogP contribution in [-0.2, 0) is 0 Å². The Kier molecular flexibility index (Phi) is 3.66. The zero-order valence-electron chi connectivity index (χ0n) is 10.3. The summed E-state index contributed by atoms with van der Waals surface area (Å²) in [4.78, 5) is 12.1. The molecule has 0 aliphatic carbocycles. The Hall–Kier alpha value is -1.75. The number of aryl methyl sites for hydroxylation is 1. The Labute approximate surface area is 113 Å². The second-order valence-electron chi connectivity index (χ2n) is 4.21. The number of benzene rings is 1. The van der Waals surface area contributed by atoms with Crippen molar-refractivity contribution in [2.75, 3.05) is 0 Å². The highest BCUT2D eigenvalue weighted by Gasteiger charge is 2.20. The highest BCUT2D eigenvalue weighted by Crippen LogP contribution is 2.20. The van der Waals surface area contributed by atoms with Gasteiger partial charge in [0.1, 0.15) is 6.04 Å². The lowest BCUT2D eigenvalue weighted by molar-refractivity contribution is 0.0927. The summed E-state index contributed by atoms with van der Waals surface area (Å²) >= 11 is 5.87. The quantitative estimate of drug-likeness (QED) is 0.808. The lowest BCUT2D eigenvalue weighted by Crippen LogP contribution is -2.17. The Bertz CT molecular complexity index is 620. The second-order valence-corrected chi connectivity index (χ2v) is 4.62. The molecule has 6 heteroatoms. The van der Waals surface area contributed by atoms with Gasteiger partial charge in [-0.15, -0.1) is 0 Å². The summed E-state index contributed by atoms with van der Waals surface area (Å²) in [6.45, 7) is 3.33. The normalized spacial score (nSPS) is 12.5. The van der Waals surface area contributed by atoms with Crippen LogP contribution >= 0.6 is 11.6 Å². The van der Waals surface area contributed by atoms with Gasteiger partial charge in [0.05, 0.1) is 10.7 Å². The molecule has 0 saturated heterocycles. The third-order valence-corrected chi connectivity index (χ3v) is 3.21. The Balaban J connectivity index is 2.30. The fraction of sp³-hybridized carbons (Fsp3) is 0.231. The summed E-state index contributed by atoms with van der Waals surface area (Å²) < 4.78 is 27.3. The first-order chi connectivity index (χ1) is 8.90. The fourth-order valence-electron chi connectivity index (χ4n) is 1.67. The van der Waals surface area contributed by atoms with Gasteiger partial charge in [0.15, 0.2) is 17.4 Å². The number of aromatic nitrogens is 2. The van der Waals surface area contributed by atoms with E-state index in [0.717, 1.165) is 12.1 Å². The van der Waals surface area contributed by atoms with E-state index < -0.39 is 17.7 Å². The minimum Gasteiger partial charge on any atom is -0.292 e. The van der Waals surface area contributed by atoms with Gasteiger partial charge in [-0.05, 0) is 32.0 Å². The van der Waals surface area contributed by atoms with Crippen molar-refractivity contribution in [1.82, 2.24) is 9.78 Å². The molecule has 100 valence electrons. The number of halogens is 3. The third-order valence-electron chi connectivity index (χ3n) is 2.84. The highest BCUT2D eigenvalue weighted by molar-refractivity contribution is 6.31. The molecule has 0 saturated carbocycles. The Morgan fingerprint density at radius 3 is 2.58 bits per heavy atom. The van der Waals surface area contributed by atoms with Crippen molar-refractivity contribution in [2.24, 2.45) is 0 Å². The van der Waals surface area contributed by atoms with Crippen molar-refractivity contribution in [3.63, 3.8) is 0 Å². The van der Waals surface area contributed by atoms with Gasteiger partial charge in [-0.1, -0.05) is 11.6 Å². The van der Waals surface area contributed by atoms with E-state index >= 15 is 0 Å². The van der Waals surface area contributed by atoms with Crippen molar-refractivity contribution in [3.8, 4) is 0 Å². The number of Topliss-reactive ketones (excluding diaryl/α,β-unsaturated/α-hetero) is 1. The van der Waals surface area contributed by atoms with E-state index in [1.165, 1.54) is 16.9 Å². The van der Waals surface area contributed by atoms with Crippen molar-refractivity contribution >= 4 is 17.4 Å². The molecule has 1 aromatic heterocycles. The van der Waals surface area contributed by atoms with Gasteiger partial charge < -0.3 is 0 Å². The van der Waals surface area contributed by atoms with E-state index in [1.807, 2.05) is 0 Å². The summed E-state index contributed by atoms with van der Waals surface area (Å²) in [7, 11) is 0. The van der Waals surface area contributed by atoms with Crippen LogP contribution in [0.2, 0.25) is 5.02 Å². The first-order valence-electron chi connectivity index (χ1n) is 5.60. The molecule has 0 radical (unpaired) electrons. The van der Waals surface area contributed by atoms with E-state index in [4.69, 9.17) is 11.6 Å². The minimum atomic E-state index is -1.05. The van der Waals surface area contributed by atoms with Gasteiger partial charge in [-0.2, -0.15) is 5.10 Å². The van der Waals surface area contributed by atoms with E-state index in [-0.39, 0.29) is 11.3 Å². The summed E-state index contributed by atoms with van der Waals surface area (Å²) in [6.07, 6.45) is 1.53. The number of nitrogens with zero attached hydrogens (tertiary/aromatic N) is 2. The average molecular weight is 285 g/mol. The summed E-state index contributed by atoms with van der Waals surface area (Å²) in [5.74, 6) is -2.40. The summed E-state index contributed by atoms with van der Waals surface area (Å²) in [5.41, 5.74) is 0.697. The first-order valence-corrected chi connectivity index (χ1v) is 5.98. The number of carbonyl (C=O) groups excluding carboxylic acids is 1. The molecule has 1 unspecified atom stereocenters. The number of hydrogen-bond donors (Lipinski definition) is 0. The lowest BCUT2D eigenvalue weighted by Gasteiger charge is -2.11. The summed E-state index contributed by atoms with van der Waals surface area (Å²) in [5, 5.41) is 4.54. The molecule has 2 rings (SSSR count). The van der Waals surface area contributed by atoms with Crippen LogP contribution in [0.15, 0.2) is 24.4 Å². The zero-order chi connectivity index (χ0) is 14.2. The van der Waals surface area contributed by atoms with Crippen molar-refractivity contribution in [3.05, 3.63) is 52.3 Å². The Morgan fingerprint density at radius 1 is 1.37 bits per heavy atom. The standard InChI is InChI=1S/C13H11ClF2N2O/c1-7-10(14)6-18(17-7)8(2)13(19)9-3-4-11(15)12(16)5-9/h3-6,8H,1-2H3. The van der Waals surface area contributed by atoms with Gasteiger partial charge in [-0.25, -0.2) is 8.78 Å². The van der Waals surface area contributed by atoms with Crippen LogP contribution in [0.4, 0.5) is 8.78 Å². The number of rotatable bonds is 3. The average Bonchev–Trinajstić information content (AvgIpc) is 2.71. The molecule has 0 aliphatic heterocycles. The van der Waals surface area contributed by atoms with Crippen LogP contribution in [0, 0.1) is 18.6 Å². The topological polar surface area (TPSA) is 34.9 Å². The molecule has 0 N–H and O–H groups in total. The maximum atomic E-state index is 13.1. The van der Waals surface area contributed by atoms with Crippen LogP contribution in [-0.4, -0.2) is 15.6 Å². The monoisotopic (exact) mass is 284 g/mol. The first kappa shape index (κ1) is 13.7. The molecule has 0 aliphatic rings. The maximum absolute atomic E-state index is 13.1. The van der Waals surface area contributed by atoms with Gasteiger partial charge >= 0.3 is 0 Å². The predicted octanol–water partition coefficient (Wildman–Crippen LogP) is 3.57. The molecule has 0 amide bonds. The van der Waals surface area contributed by atoms with Crippen LogP contribution in [0.3, 0.4) is 0 Å². The van der Waals surface area contributed by atoms with Crippen LogP contribution in [0.5, 0.6) is 0 Å². The van der Waals surface area contributed by atoms with Crippen LogP contribution in [0.25, 0.3) is 0 Å². The molecular formula is C13H11ClF2N2O. The molecule has 19 heavy (non-hydrogen) atoms.